The average molecular weight is 298 g/mol. The molecule has 0 fully saturated rings. The van der Waals surface area contributed by atoms with Crippen LogP contribution in [0.3, 0.4) is 0 Å². The van der Waals surface area contributed by atoms with Crippen LogP contribution in [0.2, 0.25) is 0 Å². The van der Waals surface area contributed by atoms with Gasteiger partial charge < -0.3 is 14.6 Å². The Morgan fingerprint density at radius 3 is 2.59 bits per heavy atom. The van der Waals surface area contributed by atoms with Gasteiger partial charge in [-0.05, 0) is 11.6 Å². The quantitative estimate of drug-likeness (QED) is 0.499. The van der Waals surface area contributed by atoms with Crippen molar-refractivity contribution in [2.45, 2.75) is 19.6 Å². The molecule has 1 N–H and O–H groups in total. The van der Waals surface area contributed by atoms with Crippen molar-refractivity contribution in [3.63, 3.8) is 0 Å². The van der Waals surface area contributed by atoms with Crippen molar-refractivity contribution in [2.24, 2.45) is 0 Å². The monoisotopic (exact) mass is 298 g/mol. The highest BCUT2D eigenvalue weighted by Gasteiger charge is 2.16. The predicted octanol–water partition coefficient (Wildman–Crippen LogP) is 3.90. The first-order chi connectivity index (χ1) is 10.7. The third kappa shape index (κ3) is 3.67. The summed E-state index contributed by atoms with van der Waals surface area (Å²) in [5.41, 5.74) is 1.53. The fourth-order valence-corrected chi connectivity index (χ4v) is 1.98. The lowest BCUT2D eigenvalue weighted by Crippen LogP contribution is -2.22. The van der Waals surface area contributed by atoms with Crippen LogP contribution in [-0.2, 0) is 9.53 Å². The van der Waals surface area contributed by atoms with Gasteiger partial charge in [0.2, 0.25) is 6.29 Å². The SMILES string of the molecule is C=CC(=O)OC(CC)Oc1cccc(-c2ccccc2)c1O. The molecule has 1 atom stereocenters. The predicted molar refractivity (Wildman–Crippen MR) is 84.5 cm³/mol. The molecule has 2 rings (SSSR count). The lowest BCUT2D eigenvalue weighted by atomic mass is 10.0. The highest BCUT2D eigenvalue weighted by Crippen LogP contribution is 2.37. The van der Waals surface area contributed by atoms with Crippen LogP contribution in [0, 0.1) is 0 Å². The summed E-state index contributed by atoms with van der Waals surface area (Å²) in [5, 5.41) is 10.4. The van der Waals surface area contributed by atoms with Crippen molar-refractivity contribution in [3.05, 3.63) is 61.2 Å². The van der Waals surface area contributed by atoms with Crippen molar-refractivity contribution in [3.8, 4) is 22.6 Å². The molecule has 114 valence electrons. The van der Waals surface area contributed by atoms with Gasteiger partial charge in [-0.3, -0.25) is 0 Å². The van der Waals surface area contributed by atoms with E-state index in [9.17, 15) is 9.90 Å². The summed E-state index contributed by atoms with van der Waals surface area (Å²) in [6.45, 7) is 5.17. The number of hydrogen-bond donors (Lipinski definition) is 1. The van der Waals surface area contributed by atoms with E-state index in [2.05, 4.69) is 6.58 Å². The van der Waals surface area contributed by atoms with Gasteiger partial charge in [0.05, 0.1) is 0 Å². The Kier molecular flexibility index (Phi) is 5.20. The summed E-state index contributed by atoms with van der Waals surface area (Å²) < 4.78 is 10.7. The number of carbonyl (C=O) groups is 1. The van der Waals surface area contributed by atoms with Crippen LogP contribution in [-0.4, -0.2) is 17.4 Å². The van der Waals surface area contributed by atoms with E-state index in [1.807, 2.05) is 37.3 Å². The maximum Gasteiger partial charge on any atom is 0.333 e. The first kappa shape index (κ1) is 15.6. The summed E-state index contributed by atoms with van der Waals surface area (Å²) in [7, 11) is 0. The smallest absolute Gasteiger partial charge is 0.333 e. The number of phenolic OH excluding ortho intramolecular Hbond substituents is 1. The molecule has 1 unspecified atom stereocenters. The number of aromatic hydroxyl groups is 1. The minimum Gasteiger partial charge on any atom is -0.504 e. The molecule has 0 spiro atoms. The summed E-state index contributed by atoms with van der Waals surface area (Å²) in [4.78, 5) is 11.3. The zero-order valence-corrected chi connectivity index (χ0v) is 12.4. The molecular weight excluding hydrogens is 280 g/mol. The normalized spacial score (nSPS) is 11.5. The summed E-state index contributed by atoms with van der Waals surface area (Å²) >= 11 is 0. The molecule has 0 bridgehead atoms. The van der Waals surface area contributed by atoms with Crippen molar-refractivity contribution in [2.75, 3.05) is 0 Å². The minimum absolute atomic E-state index is 0.0156. The van der Waals surface area contributed by atoms with E-state index in [4.69, 9.17) is 9.47 Å². The average Bonchev–Trinajstić information content (AvgIpc) is 2.56. The van der Waals surface area contributed by atoms with E-state index in [1.54, 1.807) is 18.2 Å². The largest absolute Gasteiger partial charge is 0.504 e. The standard InChI is InChI=1S/C18H18O4/c1-3-16(19)22-17(4-2)21-15-12-8-11-14(18(15)20)13-9-6-5-7-10-13/h3,5-12,17,20H,1,4H2,2H3. The second-order valence-corrected chi connectivity index (χ2v) is 4.62. The van der Waals surface area contributed by atoms with Crippen LogP contribution in [0.1, 0.15) is 13.3 Å². The Morgan fingerprint density at radius 2 is 1.95 bits per heavy atom. The number of carbonyl (C=O) groups excluding carboxylic acids is 1. The summed E-state index contributed by atoms with van der Waals surface area (Å²) in [5.74, 6) is -0.280. The Labute approximate surface area is 129 Å². The molecule has 0 aromatic heterocycles. The molecule has 0 radical (unpaired) electrons. The van der Waals surface area contributed by atoms with Crippen LogP contribution in [0.25, 0.3) is 11.1 Å². The van der Waals surface area contributed by atoms with Gasteiger partial charge in [0, 0.05) is 18.1 Å². The lowest BCUT2D eigenvalue weighted by molar-refractivity contribution is -0.157. The Hall–Kier alpha value is -2.75. The van der Waals surface area contributed by atoms with E-state index < -0.39 is 12.3 Å². The molecule has 0 saturated carbocycles. The van der Waals surface area contributed by atoms with Gasteiger partial charge in [0.1, 0.15) is 0 Å². The fraction of sp³-hybridized carbons (Fsp3) is 0.167. The van der Waals surface area contributed by atoms with Gasteiger partial charge in [-0.25, -0.2) is 4.79 Å². The Bertz CT molecular complexity index is 649. The van der Waals surface area contributed by atoms with Gasteiger partial charge >= 0.3 is 5.97 Å². The second kappa shape index (κ2) is 7.31. The van der Waals surface area contributed by atoms with Gasteiger partial charge in [-0.15, -0.1) is 0 Å². The molecule has 0 saturated heterocycles. The molecule has 2 aromatic carbocycles. The molecule has 0 amide bonds. The van der Waals surface area contributed by atoms with E-state index in [1.165, 1.54) is 0 Å². The number of para-hydroxylation sites is 1. The van der Waals surface area contributed by atoms with Crippen molar-refractivity contribution < 1.29 is 19.4 Å². The third-order valence-electron chi connectivity index (χ3n) is 3.09. The number of esters is 1. The zero-order valence-electron chi connectivity index (χ0n) is 12.4. The molecule has 2 aromatic rings. The number of ether oxygens (including phenoxy) is 2. The maximum atomic E-state index is 11.3. The number of benzene rings is 2. The van der Waals surface area contributed by atoms with Crippen LogP contribution < -0.4 is 4.74 Å². The molecule has 0 aliphatic heterocycles. The number of hydrogen-bond acceptors (Lipinski definition) is 4. The topological polar surface area (TPSA) is 55.8 Å². The molecular formula is C18H18O4. The first-order valence-electron chi connectivity index (χ1n) is 7.02. The van der Waals surface area contributed by atoms with Gasteiger partial charge in [0.25, 0.3) is 0 Å². The molecule has 4 nitrogen and oxygen atoms in total. The highest BCUT2D eigenvalue weighted by molar-refractivity contribution is 5.81. The molecule has 4 heteroatoms. The minimum atomic E-state index is -0.776. The Balaban J connectivity index is 2.25. The summed E-state index contributed by atoms with van der Waals surface area (Å²) in [6.07, 6.45) is 0.753. The molecule has 0 aliphatic carbocycles. The molecule has 0 heterocycles. The highest BCUT2D eigenvalue weighted by atomic mass is 16.7. The fourth-order valence-electron chi connectivity index (χ4n) is 1.98. The maximum absolute atomic E-state index is 11.3. The van der Waals surface area contributed by atoms with E-state index in [0.29, 0.717) is 12.0 Å². The first-order valence-corrected chi connectivity index (χ1v) is 7.02. The van der Waals surface area contributed by atoms with Crippen LogP contribution in [0.15, 0.2) is 61.2 Å². The van der Waals surface area contributed by atoms with Crippen LogP contribution in [0.4, 0.5) is 0 Å². The second-order valence-electron chi connectivity index (χ2n) is 4.62. The lowest BCUT2D eigenvalue weighted by Gasteiger charge is -2.18. The molecule has 22 heavy (non-hydrogen) atoms. The zero-order chi connectivity index (χ0) is 15.9. The van der Waals surface area contributed by atoms with Gasteiger partial charge in [-0.2, -0.15) is 0 Å². The van der Waals surface area contributed by atoms with Crippen LogP contribution in [0.5, 0.6) is 11.5 Å². The summed E-state index contributed by atoms with van der Waals surface area (Å²) in [6, 6.07) is 14.7. The number of phenols is 1. The van der Waals surface area contributed by atoms with Crippen LogP contribution >= 0.6 is 0 Å². The van der Waals surface area contributed by atoms with Crippen molar-refractivity contribution in [1.29, 1.82) is 0 Å². The third-order valence-corrected chi connectivity index (χ3v) is 3.09. The Morgan fingerprint density at radius 1 is 1.23 bits per heavy atom. The van der Waals surface area contributed by atoms with Gasteiger partial charge in [0.15, 0.2) is 11.5 Å². The van der Waals surface area contributed by atoms with E-state index in [-0.39, 0.29) is 11.5 Å². The van der Waals surface area contributed by atoms with Crippen molar-refractivity contribution >= 4 is 5.97 Å². The van der Waals surface area contributed by atoms with E-state index in [0.717, 1.165) is 11.6 Å². The van der Waals surface area contributed by atoms with E-state index >= 15 is 0 Å². The van der Waals surface area contributed by atoms with Crippen molar-refractivity contribution in [1.82, 2.24) is 0 Å². The van der Waals surface area contributed by atoms with Gasteiger partial charge in [-0.1, -0.05) is 56.0 Å². The molecule has 0 aliphatic rings. The number of rotatable bonds is 6.